The highest BCUT2D eigenvalue weighted by Gasteiger charge is 2.23. The fourth-order valence-corrected chi connectivity index (χ4v) is 3.23. The minimum atomic E-state index is 0.160. The number of thiophene rings is 1. The maximum atomic E-state index is 10.7. The zero-order chi connectivity index (χ0) is 15.4. The molecular formula is C16H17ClO2S2. The van der Waals surface area contributed by atoms with E-state index >= 15 is 0 Å². The van der Waals surface area contributed by atoms with Crippen molar-refractivity contribution in [3.05, 3.63) is 50.7 Å². The first-order valence-electron chi connectivity index (χ1n) is 6.63. The van der Waals surface area contributed by atoms with Gasteiger partial charge in [-0.3, -0.25) is 4.79 Å². The molecule has 5 heteroatoms. The zero-order valence-corrected chi connectivity index (χ0v) is 14.4. The van der Waals surface area contributed by atoms with Crippen LogP contribution >= 0.6 is 35.6 Å². The monoisotopic (exact) mass is 340 g/mol. The van der Waals surface area contributed by atoms with E-state index in [2.05, 4.69) is 12.6 Å². The first kappa shape index (κ1) is 16.4. The lowest BCUT2D eigenvalue weighted by atomic mass is 10.1. The van der Waals surface area contributed by atoms with Crippen LogP contribution in [0.2, 0.25) is 5.02 Å². The van der Waals surface area contributed by atoms with Gasteiger partial charge in [-0.05, 0) is 37.6 Å². The van der Waals surface area contributed by atoms with Gasteiger partial charge in [-0.25, -0.2) is 0 Å². The Balaban J connectivity index is 0.000000161. The third-order valence-electron chi connectivity index (χ3n) is 3.07. The summed E-state index contributed by atoms with van der Waals surface area (Å²) in [4.78, 5) is 12.7. The largest absolute Gasteiger partial charge is 0.487 e. The van der Waals surface area contributed by atoms with Crippen molar-refractivity contribution in [2.75, 3.05) is 5.75 Å². The number of para-hydroxylation sites is 1. The summed E-state index contributed by atoms with van der Waals surface area (Å²) < 4.78 is 5.58. The molecule has 0 saturated carbocycles. The van der Waals surface area contributed by atoms with Gasteiger partial charge in [-0.2, -0.15) is 12.6 Å². The van der Waals surface area contributed by atoms with Crippen molar-refractivity contribution in [3.63, 3.8) is 0 Å². The molecule has 3 rings (SSSR count). The number of rotatable bonds is 2. The molecule has 0 saturated heterocycles. The summed E-state index contributed by atoms with van der Waals surface area (Å²) in [5.41, 5.74) is 1.20. The molecule has 21 heavy (non-hydrogen) atoms. The fraction of sp³-hybridized carbons (Fsp3) is 0.312. The molecule has 0 fully saturated rings. The summed E-state index contributed by atoms with van der Waals surface area (Å²) in [6.07, 6.45) is 1.13. The van der Waals surface area contributed by atoms with E-state index in [1.54, 1.807) is 18.3 Å². The number of Topliss-reactive ketones (excluding diaryl/α,β-unsaturated/α-hetero) is 1. The Morgan fingerprint density at radius 1 is 1.43 bits per heavy atom. The van der Waals surface area contributed by atoms with E-state index in [1.807, 2.05) is 37.3 Å². The predicted molar refractivity (Wildman–Crippen MR) is 92.5 cm³/mol. The van der Waals surface area contributed by atoms with Gasteiger partial charge in [0.25, 0.3) is 0 Å². The molecule has 1 aromatic carbocycles. The highest BCUT2D eigenvalue weighted by atomic mass is 35.5. The SMILES string of the molecule is CC(=O)c1ccc(C)s1.SCC1Cc2cccc(Cl)c2O1. The van der Waals surface area contributed by atoms with Crippen LogP contribution in [0.4, 0.5) is 0 Å². The van der Waals surface area contributed by atoms with Crippen LogP contribution in [0.15, 0.2) is 30.3 Å². The van der Waals surface area contributed by atoms with Crippen molar-refractivity contribution < 1.29 is 9.53 Å². The first-order chi connectivity index (χ1) is 10.0. The summed E-state index contributed by atoms with van der Waals surface area (Å²) >= 11 is 11.7. The Morgan fingerprint density at radius 2 is 2.19 bits per heavy atom. The number of carbonyl (C=O) groups is 1. The third-order valence-corrected chi connectivity index (χ3v) is 4.88. The molecule has 0 aliphatic carbocycles. The highest BCUT2D eigenvalue weighted by molar-refractivity contribution is 7.80. The second-order valence-electron chi connectivity index (χ2n) is 4.82. The maximum Gasteiger partial charge on any atom is 0.169 e. The van der Waals surface area contributed by atoms with Crippen LogP contribution in [0, 0.1) is 6.92 Å². The average molecular weight is 341 g/mol. The summed E-state index contributed by atoms with van der Waals surface area (Å²) in [5.74, 6) is 1.75. The zero-order valence-electron chi connectivity index (χ0n) is 11.9. The van der Waals surface area contributed by atoms with Gasteiger partial charge in [0.15, 0.2) is 5.78 Å². The molecule has 1 aromatic heterocycles. The molecule has 112 valence electrons. The van der Waals surface area contributed by atoms with Gasteiger partial charge in [0, 0.05) is 17.1 Å². The number of fused-ring (bicyclic) bond motifs is 1. The van der Waals surface area contributed by atoms with E-state index in [0.717, 1.165) is 22.8 Å². The summed E-state index contributed by atoms with van der Waals surface area (Å²) in [6, 6.07) is 9.67. The molecule has 2 heterocycles. The minimum absolute atomic E-state index is 0.160. The molecule has 1 atom stereocenters. The van der Waals surface area contributed by atoms with Crippen LogP contribution in [-0.2, 0) is 6.42 Å². The predicted octanol–water partition coefficient (Wildman–Crippen LogP) is 4.83. The summed E-state index contributed by atoms with van der Waals surface area (Å²) in [7, 11) is 0. The molecular weight excluding hydrogens is 324 g/mol. The Kier molecular flexibility index (Phi) is 5.73. The van der Waals surface area contributed by atoms with E-state index in [0.29, 0.717) is 5.02 Å². The number of benzene rings is 1. The number of thiol groups is 1. The van der Waals surface area contributed by atoms with Crippen molar-refractivity contribution in [1.29, 1.82) is 0 Å². The van der Waals surface area contributed by atoms with Crippen molar-refractivity contribution in [1.82, 2.24) is 0 Å². The van der Waals surface area contributed by atoms with Crippen LogP contribution in [0.3, 0.4) is 0 Å². The maximum absolute atomic E-state index is 10.7. The molecule has 0 bridgehead atoms. The van der Waals surface area contributed by atoms with Crippen molar-refractivity contribution >= 4 is 41.3 Å². The highest BCUT2D eigenvalue weighted by Crippen LogP contribution is 2.35. The van der Waals surface area contributed by atoms with E-state index in [4.69, 9.17) is 16.3 Å². The molecule has 0 spiro atoms. The fourth-order valence-electron chi connectivity index (χ4n) is 2.03. The van der Waals surface area contributed by atoms with E-state index in [9.17, 15) is 4.79 Å². The Hall–Kier alpha value is -0.970. The van der Waals surface area contributed by atoms with Gasteiger partial charge < -0.3 is 4.74 Å². The summed E-state index contributed by atoms with van der Waals surface area (Å²) in [5, 5.41) is 0.705. The van der Waals surface area contributed by atoms with Crippen LogP contribution in [0.5, 0.6) is 5.75 Å². The molecule has 0 amide bonds. The molecule has 2 aromatic rings. The topological polar surface area (TPSA) is 26.3 Å². The minimum Gasteiger partial charge on any atom is -0.487 e. The van der Waals surface area contributed by atoms with Gasteiger partial charge in [-0.1, -0.05) is 23.7 Å². The standard InChI is InChI=1S/C9H9ClOS.C7H8OS/c10-8-3-1-2-6-4-7(5-12)11-9(6)8;1-5-3-4-7(9-5)6(2)8/h1-3,7,12H,4-5H2;3-4H,1-2H3. The molecule has 1 aliphatic heterocycles. The number of carbonyl (C=O) groups excluding carboxylic acids is 1. The third kappa shape index (κ3) is 4.25. The normalized spacial score (nSPS) is 15.7. The average Bonchev–Trinajstić information content (AvgIpc) is 3.06. The molecule has 0 radical (unpaired) electrons. The second kappa shape index (κ2) is 7.34. The Bertz CT molecular complexity index is 637. The van der Waals surface area contributed by atoms with E-state index in [1.165, 1.54) is 10.4 Å². The Morgan fingerprint density at radius 3 is 2.67 bits per heavy atom. The summed E-state index contributed by atoms with van der Waals surface area (Å²) in [6.45, 7) is 3.59. The Labute approximate surface area is 139 Å². The quantitative estimate of drug-likeness (QED) is 0.626. The van der Waals surface area contributed by atoms with Gasteiger partial charge >= 0.3 is 0 Å². The van der Waals surface area contributed by atoms with Crippen molar-refractivity contribution in [3.8, 4) is 5.75 Å². The molecule has 1 aliphatic rings. The van der Waals surface area contributed by atoms with Crippen molar-refractivity contribution in [2.45, 2.75) is 26.4 Å². The number of hydrogen-bond acceptors (Lipinski definition) is 4. The number of ketones is 1. The van der Waals surface area contributed by atoms with Gasteiger partial charge in [0.1, 0.15) is 11.9 Å². The molecule has 1 unspecified atom stereocenters. The second-order valence-corrected chi connectivity index (χ2v) is 6.88. The van der Waals surface area contributed by atoms with Crippen LogP contribution in [0.25, 0.3) is 0 Å². The van der Waals surface area contributed by atoms with E-state index < -0.39 is 0 Å². The van der Waals surface area contributed by atoms with Crippen molar-refractivity contribution in [2.24, 2.45) is 0 Å². The van der Waals surface area contributed by atoms with Gasteiger partial charge in [0.05, 0.1) is 9.90 Å². The van der Waals surface area contributed by atoms with Gasteiger partial charge in [-0.15, -0.1) is 11.3 Å². The lowest BCUT2D eigenvalue weighted by Gasteiger charge is -2.06. The number of aryl methyl sites for hydroxylation is 1. The smallest absolute Gasteiger partial charge is 0.169 e. The van der Waals surface area contributed by atoms with Gasteiger partial charge in [0.2, 0.25) is 0 Å². The van der Waals surface area contributed by atoms with E-state index in [-0.39, 0.29) is 11.9 Å². The molecule has 0 N–H and O–H groups in total. The lowest BCUT2D eigenvalue weighted by Crippen LogP contribution is -2.14. The number of hydrogen-bond donors (Lipinski definition) is 1. The first-order valence-corrected chi connectivity index (χ1v) is 8.46. The van der Waals surface area contributed by atoms with Crippen LogP contribution < -0.4 is 4.74 Å². The molecule has 2 nitrogen and oxygen atoms in total. The lowest BCUT2D eigenvalue weighted by molar-refractivity contribution is 0.102. The number of halogens is 1. The van der Waals surface area contributed by atoms with Crippen LogP contribution in [-0.4, -0.2) is 17.6 Å². The number of ether oxygens (including phenoxy) is 1. The van der Waals surface area contributed by atoms with Crippen LogP contribution in [0.1, 0.15) is 27.0 Å².